The predicted octanol–water partition coefficient (Wildman–Crippen LogP) is 7.19. The molecule has 3 aromatic carbocycles. The van der Waals surface area contributed by atoms with Crippen LogP contribution in [0.2, 0.25) is 0 Å². The van der Waals surface area contributed by atoms with Gasteiger partial charge >= 0.3 is 0 Å². The van der Waals surface area contributed by atoms with E-state index < -0.39 is 17.9 Å². The van der Waals surface area contributed by atoms with Gasteiger partial charge in [-0.1, -0.05) is 54.6 Å². The summed E-state index contributed by atoms with van der Waals surface area (Å²) in [6.45, 7) is 12.1. The number of carbonyl (C=O) groups is 2. The lowest BCUT2D eigenvalue weighted by Crippen LogP contribution is -2.52. The van der Waals surface area contributed by atoms with Gasteiger partial charge in [-0.05, 0) is 112 Å². The van der Waals surface area contributed by atoms with Gasteiger partial charge in [0.15, 0.2) is 6.61 Å². The number of aromatic nitrogens is 1. The number of rotatable bonds is 18. The molecule has 0 bridgehead atoms. The van der Waals surface area contributed by atoms with E-state index in [1.165, 1.54) is 10.9 Å². The first kappa shape index (κ1) is 40.4. The summed E-state index contributed by atoms with van der Waals surface area (Å²) < 4.78 is 19.5. The second-order valence-electron chi connectivity index (χ2n) is 16.2. The average molecular weight is 753 g/mol. The van der Waals surface area contributed by atoms with E-state index in [-0.39, 0.29) is 24.3 Å². The minimum Gasteiger partial charge on any atom is -0.484 e. The Kier molecular flexibility index (Phi) is 13.7. The van der Waals surface area contributed by atoms with Gasteiger partial charge in [0, 0.05) is 70.1 Å². The molecule has 2 aliphatic rings. The van der Waals surface area contributed by atoms with E-state index in [9.17, 15) is 9.90 Å². The number of para-hydroxylation sites is 1. The fraction of sp³-hybridized carbons (Fsp3) is 0.511. The number of nitrogens with zero attached hydrogens (tertiary/aromatic N) is 3. The molecule has 2 N–H and O–H groups in total. The number of aliphatic hydroxyl groups excluding tert-OH is 1. The van der Waals surface area contributed by atoms with Gasteiger partial charge in [0.2, 0.25) is 12.3 Å². The molecule has 1 aromatic heterocycles. The van der Waals surface area contributed by atoms with E-state index in [1.807, 2.05) is 56.9 Å². The van der Waals surface area contributed by atoms with Crippen molar-refractivity contribution < 1.29 is 28.9 Å². The molecule has 2 fully saturated rings. The highest BCUT2D eigenvalue weighted by Crippen LogP contribution is 2.39. The van der Waals surface area contributed by atoms with Crippen LogP contribution >= 0.6 is 0 Å². The number of unbranched alkanes of at least 4 members (excludes halogenated alkanes) is 1. The summed E-state index contributed by atoms with van der Waals surface area (Å²) in [5.41, 5.74) is 4.88. The Labute approximate surface area is 326 Å². The Morgan fingerprint density at radius 2 is 1.75 bits per heavy atom. The number of carbonyl (C=O) groups excluding carboxylic acids is 2. The van der Waals surface area contributed by atoms with Crippen LogP contribution < -0.4 is 10.1 Å². The Balaban J connectivity index is 1.29. The molecule has 296 valence electrons. The molecule has 2 amide bonds. The lowest BCUT2D eigenvalue weighted by molar-refractivity contribution is -0.245. The molecule has 10 nitrogen and oxygen atoms in total. The van der Waals surface area contributed by atoms with Crippen LogP contribution in [0.1, 0.15) is 76.8 Å². The van der Waals surface area contributed by atoms with Crippen molar-refractivity contribution in [3.63, 3.8) is 0 Å². The number of aliphatic hydroxyl groups is 1. The fourth-order valence-corrected chi connectivity index (χ4v) is 7.78. The van der Waals surface area contributed by atoms with Gasteiger partial charge in [-0.2, -0.15) is 0 Å². The third-order valence-corrected chi connectivity index (χ3v) is 10.7. The first-order valence-corrected chi connectivity index (χ1v) is 20.1. The number of hydrogen-bond donors (Lipinski definition) is 2. The Hall–Kier alpha value is -4.22. The molecular formula is C45H60N4O6. The number of benzene rings is 3. The van der Waals surface area contributed by atoms with Crippen molar-refractivity contribution in [2.45, 2.75) is 90.8 Å². The molecule has 10 heteroatoms. The van der Waals surface area contributed by atoms with Crippen molar-refractivity contribution in [3.05, 3.63) is 90.1 Å². The highest BCUT2D eigenvalue weighted by Gasteiger charge is 2.41. The minimum atomic E-state index is -1.11. The van der Waals surface area contributed by atoms with Crippen LogP contribution in [0.3, 0.4) is 0 Å². The number of piperidine rings is 1. The molecule has 1 saturated carbocycles. The number of aryl methyl sites for hydroxylation is 1. The van der Waals surface area contributed by atoms with Gasteiger partial charge in [-0.15, -0.1) is 0 Å². The quantitative estimate of drug-likeness (QED) is 0.0820. The van der Waals surface area contributed by atoms with E-state index in [2.05, 4.69) is 69.5 Å². The van der Waals surface area contributed by atoms with Crippen molar-refractivity contribution in [3.8, 4) is 16.9 Å². The minimum absolute atomic E-state index is 0.0449. The smallest absolute Gasteiger partial charge is 0.257 e. The van der Waals surface area contributed by atoms with Gasteiger partial charge in [0.25, 0.3) is 5.91 Å². The second-order valence-corrected chi connectivity index (χ2v) is 16.2. The highest BCUT2D eigenvalue weighted by atomic mass is 16.6. The summed E-state index contributed by atoms with van der Waals surface area (Å²) in [4.78, 5) is 31.2. The van der Waals surface area contributed by atoms with Gasteiger partial charge < -0.3 is 34.1 Å². The van der Waals surface area contributed by atoms with Gasteiger partial charge in [-0.3, -0.25) is 14.5 Å². The number of methoxy groups -OCH3 is 1. The molecule has 1 aliphatic heterocycles. The molecule has 2 heterocycles. The maximum absolute atomic E-state index is 15.2. The lowest BCUT2D eigenvalue weighted by Gasteiger charge is -2.42. The monoisotopic (exact) mass is 752 g/mol. The SMILES string of the molecule is CCNC(=O)COc1cccc(-c2cccc([C@H]3CCN(C(O)OC(C)(C)C)C[C@@H]3C(=O)N(Cc3cn(CCCCOC)c4ccccc34)CC3CC3)c2)c1. The van der Waals surface area contributed by atoms with Gasteiger partial charge in [-0.25, -0.2) is 0 Å². The number of nitrogens with one attached hydrogen (secondary N) is 1. The number of likely N-dealkylation sites (N-methyl/N-ethyl adjacent to an activating group) is 1. The third kappa shape index (κ3) is 11.0. The predicted molar refractivity (Wildman–Crippen MR) is 217 cm³/mol. The lowest BCUT2D eigenvalue weighted by atomic mass is 9.78. The maximum Gasteiger partial charge on any atom is 0.257 e. The van der Waals surface area contributed by atoms with Crippen LogP contribution in [0.15, 0.2) is 79.0 Å². The van der Waals surface area contributed by atoms with Crippen LogP contribution in [0.25, 0.3) is 22.0 Å². The Morgan fingerprint density at radius 1 is 0.982 bits per heavy atom. The van der Waals surface area contributed by atoms with Crippen LogP contribution in [0.5, 0.6) is 5.75 Å². The summed E-state index contributed by atoms with van der Waals surface area (Å²) in [5.74, 6) is 0.629. The molecule has 0 radical (unpaired) electrons. The van der Waals surface area contributed by atoms with Crippen molar-refractivity contribution in [2.75, 3.05) is 46.5 Å². The number of fused-ring (bicyclic) bond motifs is 1. The number of ether oxygens (including phenoxy) is 3. The number of likely N-dealkylation sites (tertiary alicyclic amines) is 1. The van der Waals surface area contributed by atoms with Crippen molar-refractivity contribution in [1.82, 2.24) is 19.7 Å². The zero-order chi connectivity index (χ0) is 39.0. The van der Waals surface area contributed by atoms with Crippen LogP contribution in [0, 0.1) is 11.8 Å². The molecule has 1 unspecified atom stereocenters. The van der Waals surface area contributed by atoms with Crippen LogP contribution in [-0.2, 0) is 32.2 Å². The molecule has 1 aliphatic carbocycles. The number of amides is 2. The third-order valence-electron chi connectivity index (χ3n) is 10.7. The first-order valence-electron chi connectivity index (χ1n) is 20.1. The van der Waals surface area contributed by atoms with Crippen LogP contribution in [-0.4, -0.2) is 89.8 Å². The zero-order valence-corrected chi connectivity index (χ0v) is 33.3. The molecule has 1 saturated heterocycles. The second kappa shape index (κ2) is 18.6. The molecular weight excluding hydrogens is 693 g/mol. The van der Waals surface area contributed by atoms with Gasteiger partial charge in [0.1, 0.15) is 5.75 Å². The number of hydrogen-bond acceptors (Lipinski definition) is 7. The summed E-state index contributed by atoms with van der Waals surface area (Å²) in [6, 6.07) is 24.7. The standard InChI is InChI=1S/C45H60N4O6/c1-6-46-42(50)31-54-37-16-12-14-34(26-37)33-13-11-15-35(25-33)38-21-23-48(44(52)55-45(2,3)4)30-40(38)43(51)49(27-32-19-20-32)29-36-28-47(22-9-10-24-53-5)41-18-8-7-17-39(36)41/h7-8,11-18,25-26,28,32,38,40,44,52H,6,9-10,19-24,27,29-31H2,1-5H3,(H,46,50)/t38-,40+,44?/m1/s1. The topological polar surface area (TPSA) is 105 Å². The van der Waals surface area contributed by atoms with E-state index in [0.29, 0.717) is 44.3 Å². The Morgan fingerprint density at radius 3 is 2.49 bits per heavy atom. The zero-order valence-electron chi connectivity index (χ0n) is 33.3. The maximum atomic E-state index is 15.2. The molecule has 4 aromatic rings. The van der Waals surface area contributed by atoms with E-state index in [0.717, 1.165) is 67.6 Å². The Bertz CT molecular complexity index is 1880. The normalized spacial score (nSPS) is 18.3. The average Bonchev–Trinajstić information content (AvgIpc) is 3.94. The molecule has 55 heavy (non-hydrogen) atoms. The highest BCUT2D eigenvalue weighted by molar-refractivity contribution is 5.85. The van der Waals surface area contributed by atoms with E-state index >= 15 is 4.79 Å². The largest absolute Gasteiger partial charge is 0.484 e. The summed E-state index contributed by atoms with van der Waals surface area (Å²) in [5, 5.41) is 15.2. The van der Waals surface area contributed by atoms with Crippen molar-refractivity contribution >= 4 is 22.7 Å². The van der Waals surface area contributed by atoms with Gasteiger partial charge in [0.05, 0.1) is 11.5 Å². The summed E-state index contributed by atoms with van der Waals surface area (Å²) >= 11 is 0. The molecule has 3 atom stereocenters. The fourth-order valence-electron chi connectivity index (χ4n) is 7.78. The summed E-state index contributed by atoms with van der Waals surface area (Å²) in [7, 11) is 1.74. The van der Waals surface area contributed by atoms with E-state index in [1.54, 1.807) is 7.11 Å². The van der Waals surface area contributed by atoms with E-state index in [4.69, 9.17) is 14.2 Å². The van der Waals surface area contributed by atoms with Crippen molar-refractivity contribution in [1.29, 1.82) is 0 Å². The van der Waals surface area contributed by atoms with Crippen molar-refractivity contribution in [2.24, 2.45) is 11.8 Å². The molecule has 0 spiro atoms. The summed E-state index contributed by atoms with van der Waals surface area (Å²) in [6.07, 6.45) is 6.10. The van der Waals surface area contributed by atoms with Crippen LogP contribution in [0.4, 0.5) is 0 Å². The molecule has 6 rings (SSSR count). The first-order chi connectivity index (χ1) is 26.5.